The van der Waals surface area contributed by atoms with Crippen LogP contribution >= 0.6 is 11.6 Å². The molecule has 124 valence electrons. The monoisotopic (exact) mass is 344 g/mol. The van der Waals surface area contributed by atoms with Crippen LogP contribution in [0.3, 0.4) is 0 Å². The summed E-state index contributed by atoms with van der Waals surface area (Å²) < 4.78 is 5.76. The smallest absolute Gasteiger partial charge is 0.267 e. The molecule has 5 nitrogen and oxygen atoms in total. The second-order valence-corrected chi connectivity index (χ2v) is 6.08. The molecule has 0 aromatic heterocycles. The molecule has 0 spiro atoms. The van der Waals surface area contributed by atoms with Crippen LogP contribution < -0.4 is 15.0 Å². The van der Waals surface area contributed by atoms with E-state index in [0.29, 0.717) is 22.1 Å². The molecule has 0 fully saturated rings. The minimum absolute atomic E-state index is 0.142. The summed E-state index contributed by atoms with van der Waals surface area (Å²) in [6.07, 6.45) is -0.804. The van der Waals surface area contributed by atoms with E-state index in [2.05, 4.69) is 5.32 Å². The zero-order valence-electron chi connectivity index (χ0n) is 13.4. The molecule has 0 saturated heterocycles. The van der Waals surface area contributed by atoms with Crippen molar-refractivity contribution in [1.82, 2.24) is 0 Å². The number of amides is 2. The maximum Gasteiger partial charge on any atom is 0.267 e. The number of fused-ring (bicyclic) bond motifs is 1. The Morgan fingerprint density at radius 2 is 2.00 bits per heavy atom. The molecule has 3 rings (SSSR count). The molecule has 0 saturated carbocycles. The lowest BCUT2D eigenvalue weighted by atomic mass is 10.1. The van der Waals surface area contributed by atoms with Crippen molar-refractivity contribution in [3.8, 4) is 5.75 Å². The van der Waals surface area contributed by atoms with Crippen LogP contribution in [-0.2, 0) is 9.59 Å². The zero-order valence-corrected chi connectivity index (χ0v) is 14.1. The number of ether oxygens (including phenoxy) is 1. The highest BCUT2D eigenvalue weighted by Gasteiger charge is 2.32. The number of hydrogen-bond acceptors (Lipinski definition) is 3. The third-order valence-corrected chi connectivity index (χ3v) is 4.14. The van der Waals surface area contributed by atoms with Gasteiger partial charge in [-0.15, -0.1) is 0 Å². The number of nitrogens with zero attached hydrogens (tertiary/aromatic N) is 1. The molecule has 0 unspecified atom stereocenters. The van der Waals surface area contributed by atoms with Gasteiger partial charge in [0.25, 0.3) is 5.91 Å². The first kappa shape index (κ1) is 16.3. The van der Waals surface area contributed by atoms with Gasteiger partial charge in [-0.25, -0.2) is 0 Å². The lowest BCUT2D eigenvalue weighted by molar-refractivity contribution is -0.123. The Bertz CT molecular complexity index is 807. The van der Waals surface area contributed by atoms with Crippen LogP contribution in [0.15, 0.2) is 42.5 Å². The van der Waals surface area contributed by atoms with Gasteiger partial charge in [-0.2, -0.15) is 0 Å². The molecule has 6 heteroatoms. The fourth-order valence-electron chi connectivity index (χ4n) is 2.60. The quantitative estimate of drug-likeness (QED) is 0.908. The van der Waals surface area contributed by atoms with Crippen molar-refractivity contribution in [2.45, 2.75) is 20.0 Å². The lowest BCUT2D eigenvalue weighted by Crippen LogP contribution is -2.48. The van der Waals surface area contributed by atoms with E-state index in [1.165, 1.54) is 6.92 Å². The van der Waals surface area contributed by atoms with Crippen molar-refractivity contribution in [2.24, 2.45) is 0 Å². The van der Waals surface area contributed by atoms with Crippen molar-refractivity contribution in [3.05, 3.63) is 53.1 Å². The first-order chi connectivity index (χ1) is 11.5. The highest BCUT2D eigenvalue weighted by molar-refractivity contribution is 6.33. The second kappa shape index (κ2) is 6.53. The molecule has 1 heterocycles. The van der Waals surface area contributed by atoms with Crippen LogP contribution in [0.5, 0.6) is 5.75 Å². The minimum atomic E-state index is -0.804. The first-order valence-corrected chi connectivity index (χ1v) is 7.94. The van der Waals surface area contributed by atoms with Crippen molar-refractivity contribution in [1.29, 1.82) is 0 Å². The maximum atomic E-state index is 12.5. The number of carbonyl (C=O) groups is 2. The summed E-state index contributed by atoms with van der Waals surface area (Å²) in [5.41, 5.74) is 2.19. The van der Waals surface area contributed by atoms with Gasteiger partial charge in [0, 0.05) is 6.92 Å². The average molecular weight is 345 g/mol. The maximum absolute atomic E-state index is 12.5. The summed E-state index contributed by atoms with van der Waals surface area (Å²) in [6, 6.07) is 12.5. The normalized spacial score (nSPS) is 16.1. The summed E-state index contributed by atoms with van der Waals surface area (Å²) in [7, 11) is 0. The van der Waals surface area contributed by atoms with Gasteiger partial charge in [0.05, 0.1) is 22.9 Å². The van der Waals surface area contributed by atoms with Crippen LogP contribution in [0.4, 0.5) is 11.4 Å². The predicted octanol–water partition coefficient (Wildman–Crippen LogP) is 3.40. The molecule has 1 atom stereocenters. The van der Waals surface area contributed by atoms with Crippen LogP contribution in [0.25, 0.3) is 0 Å². The zero-order chi connectivity index (χ0) is 17.3. The molecule has 0 radical (unpaired) electrons. The summed E-state index contributed by atoms with van der Waals surface area (Å²) in [6.45, 7) is 3.54. The van der Waals surface area contributed by atoms with Crippen molar-refractivity contribution in [2.75, 3.05) is 16.8 Å². The molecule has 0 bridgehead atoms. The van der Waals surface area contributed by atoms with E-state index >= 15 is 0 Å². The van der Waals surface area contributed by atoms with E-state index < -0.39 is 6.10 Å². The number of aryl methyl sites for hydroxylation is 1. The highest BCUT2D eigenvalue weighted by atomic mass is 35.5. The first-order valence-electron chi connectivity index (χ1n) is 7.56. The Labute approximate surface area is 145 Å². The van der Waals surface area contributed by atoms with E-state index in [-0.39, 0.29) is 18.4 Å². The molecule has 0 aliphatic carbocycles. The Morgan fingerprint density at radius 1 is 1.25 bits per heavy atom. The topological polar surface area (TPSA) is 58.6 Å². The number of hydrogen-bond donors (Lipinski definition) is 1. The van der Waals surface area contributed by atoms with Crippen molar-refractivity contribution < 1.29 is 14.3 Å². The Morgan fingerprint density at radius 3 is 2.71 bits per heavy atom. The number of rotatable bonds is 2. The average Bonchev–Trinajstić information content (AvgIpc) is 2.56. The molecule has 1 N–H and O–H groups in total. The molecule has 2 amide bonds. The summed E-state index contributed by atoms with van der Waals surface area (Å²) in [5, 5.41) is 3.22. The summed E-state index contributed by atoms with van der Waals surface area (Å²) >= 11 is 6.15. The standard InChI is InChI=1S/C18H17ClN2O3/c1-11-7-8-14(13(19)9-11)20-18(23)17-10-21(12(2)22)15-5-3-4-6-16(15)24-17/h3-9,17H,10H2,1-2H3,(H,20,23)/t17-/m1/s1. The lowest BCUT2D eigenvalue weighted by Gasteiger charge is -2.33. The van der Waals surface area contributed by atoms with E-state index in [9.17, 15) is 9.59 Å². The molecule has 1 aliphatic heterocycles. The Balaban J connectivity index is 1.82. The van der Waals surface area contributed by atoms with Gasteiger partial charge in [0.2, 0.25) is 5.91 Å². The SMILES string of the molecule is CC(=O)N1C[C@H](C(=O)Nc2ccc(C)cc2Cl)Oc2ccccc21. The summed E-state index contributed by atoms with van der Waals surface area (Å²) in [4.78, 5) is 26.0. The fourth-order valence-corrected chi connectivity index (χ4v) is 2.89. The molecule has 2 aromatic rings. The molecular weight excluding hydrogens is 328 g/mol. The van der Waals surface area contributed by atoms with Crippen molar-refractivity contribution in [3.63, 3.8) is 0 Å². The molecule has 24 heavy (non-hydrogen) atoms. The number of para-hydroxylation sites is 2. The van der Waals surface area contributed by atoms with Gasteiger partial charge in [-0.05, 0) is 36.8 Å². The third-order valence-electron chi connectivity index (χ3n) is 3.83. The van der Waals surface area contributed by atoms with E-state index in [0.717, 1.165) is 5.56 Å². The van der Waals surface area contributed by atoms with Crippen LogP contribution in [0.2, 0.25) is 5.02 Å². The number of anilines is 2. The van der Waals surface area contributed by atoms with E-state index in [1.54, 1.807) is 35.2 Å². The van der Waals surface area contributed by atoms with Crippen LogP contribution in [0.1, 0.15) is 12.5 Å². The van der Waals surface area contributed by atoms with Gasteiger partial charge < -0.3 is 15.0 Å². The summed E-state index contributed by atoms with van der Waals surface area (Å²) in [5.74, 6) is 0.0209. The van der Waals surface area contributed by atoms with E-state index in [4.69, 9.17) is 16.3 Å². The van der Waals surface area contributed by atoms with Crippen LogP contribution in [0, 0.1) is 6.92 Å². The van der Waals surface area contributed by atoms with Gasteiger partial charge in [0.1, 0.15) is 5.75 Å². The Hall–Kier alpha value is -2.53. The van der Waals surface area contributed by atoms with Crippen molar-refractivity contribution >= 4 is 34.8 Å². The van der Waals surface area contributed by atoms with Gasteiger partial charge in [-0.3, -0.25) is 9.59 Å². The van der Waals surface area contributed by atoms with Gasteiger partial charge >= 0.3 is 0 Å². The number of nitrogens with one attached hydrogen (secondary N) is 1. The third kappa shape index (κ3) is 3.21. The van der Waals surface area contributed by atoms with Gasteiger partial charge in [0.15, 0.2) is 6.10 Å². The predicted molar refractivity (Wildman–Crippen MR) is 93.7 cm³/mol. The van der Waals surface area contributed by atoms with Gasteiger partial charge in [-0.1, -0.05) is 29.8 Å². The minimum Gasteiger partial charge on any atom is -0.476 e. The largest absolute Gasteiger partial charge is 0.476 e. The molecular formula is C18H17ClN2O3. The number of halogens is 1. The number of benzene rings is 2. The second-order valence-electron chi connectivity index (χ2n) is 5.68. The fraction of sp³-hybridized carbons (Fsp3) is 0.222. The van der Waals surface area contributed by atoms with Crippen LogP contribution in [-0.4, -0.2) is 24.5 Å². The number of carbonyl (C=O) groups excluding carboxylic acids is 2. The highest BCUT2D eigenvalue weighted by Crippen LogP contribution is 2.33. The molecule has 1 aliphatic rings. The van der Waals surface area contributed by atoms with E-state index in [1.807, 2.05) is 19.1 Å². The Kier molecular flexibility index (Phi) is 4.44. The molecule has 2 aromatic carbocycles.